The van der Waals surface area contributed by atoms with Gasteiger partial charge in [-0.2, -0.15) is 0 Å². The third-order valence-corrected chi connectivity index (χ3v) is 5.19. The maximum atomic E-state index is 12.3. The monoisotopic (exact) mass is 419 g/mol. The summed E-state index contributed by atoms with van der Waals surface area (Å²) in [6.07, 6.45) is -1.12. The normalized spacial score (nSPS) is 12.0. The third-order valence-electron chi connectivity index (χ3n) is 3.77. The van der Waals surface area contributed by atoms with Crippen LogP contribution in [-0.2, 0) is 24.3 Å². The van der Waals surface area contributed by atoms with Gasteiger partial charge in [-0.1, -0.05) is 6.07 Å². The molecule has 9 nitrogen and oxygen atoms in total. The quantitative estimate of drug-likeness (QED) is 0.586. The molecule has 0 aliphatic carbocycles. The van der Waals surface area contributed by atoms with Gasteiger partial charge in [0.25, 0.3) is 5.91 Å². The molecule has 0 fully saturated rings. The number of rotatable bonds is 7. The summed E-state index contributed by atoms with van der Waals surface area (Å²) >= 11 is 0. The van der Waals surface area contributed by atoms with Crippen LogP contribution in [0.15, 0.2) is 53.4 Å². The Morgan fingerprint density at radius 1 is 0.966 bits per heavy atom. The van der Waals surface area contributed by atoms with Crippen molar-refractivity contribution in [1.29, 1.82) is 0 Å². The number of amides is 2. The zero-order chi connectivity index (χ0) is 21.6. The van der Waals surface area contributed by atoms with Crippen molar-refractivity contribution in [2.75, 3.05) is 17.7 Å². The van der Waals surface area contributed by atoms with Crippen molar-refractivity contribution in [2.45, 2.75) is 24.8 Å². The zero-order valence-corrected chi connectivity index (χ0v) is 16.9. The minimum atomic E-state index is -3.71. The van der Waals surface area contributed by atoms with Gasteiger partial charge in [-0.3, -0.25) is 9.59 Å². The first-order chi connectivity index (χ1) is 13.6. The van der Waals surface area contributed by atoms with Crippen molar-refractivity contribution in [2.24, 2.45) is 0 Å². The topological polar surface area (TPSA) is 131 Å². The van der Waals surface area contributed by atoms with Crippen molar-refractivity contribution in [3.8, 4) is 0 Å². The number of hydrogen-bond acceptors (Lipinski definition) is 6. The highest BCUT2D eigenvalue weighted by molar-refractivity contribution is 7.89. The van der Waals surface area contributed by atoms with Crippen LogP contribution in [0.5, 0.6) is 0 Å². The molecule has 2 rings (SSSR count). The van der Waals surface area contributed by atoms with Crippen molar-refractivity contribution in [3.05, 3.63) is 54.1 Å². The number of sulfonamides is 1. The van der Waals surface area contributed by atoms with Crippen LogP contribution in [0.25, 0.3) is 0 Å². The maximum absolute atomic E-state index is 12.3. The lowest BCUT2D eigenvalue weighted by molar-refractivity contribution is -0.123. The molecule has 3 N–H and O–H groups in total. The van der Waals surface area contributed by atoms with E-state index in [2.05, 4.69) is 15.4 Å². The number of anilines is 2. The summed E-state index contributed by atoms with van der Waals surface area (Å²) in [4.78, 5) is 35.4. The van der Waals surface area contributed by atoms with Gasteiger partial charge in [0.15, 0.2) is 6.10 Å². The molecule has 29 heavy (non-hydrogen) atoms. The highest BCUT2D eigenvalue weighted by atomic mass is 32.2. The minimum Gasteiger partial charge on any atom is -0.449 e. The van der Waals surface area contributed by atoms with Crippen LogP contribution in [0.4, 0.5) is 11.4 Å². The molecule has 0 heterocycles. The Kier molecular flexibility index (Phi) is 7.08. The molecular weight excluding hydrogens is 398 g/mol. The SMILES string of the molecule is CNS(=O)(=O)c1cccc(C(=O)O[C@H](C)C(=O)Nc2ccc(NC(C)=O)cc2)c1. The molecule has 2 amide bonds. The predicted molar refractivity (Wildman–Crippen MR) is 107 cm³/mol. The molecule has 154 valence electrons. The van der Waals surface area contributed by atoms with E-state index in [4.69, 9.17) is 4.74 Å². The second kappa shape index (κ2) is 9.30. The van der Waals surface area contributed by atoms with Gasteiger partial charge in [-0.15, -0.1) is 0 Å². The molecular formula is C19H21N3O6S. The van der Waals surface area contributed by atoms with Gasteiger partial charge >= 0.3 is 5.97 Å². The molecule has 1 atom stereocenters. The van der Waals surface area contributed by atoms with E-state index in [1.165, 1.54) is 45.2 Å². The summed E-state index contributed by atoms with van der Waals surface area (Å²) in [7, 11) is -2.45. The van der Waals surface area contributed by atoms with E-state index in [-0.39, 0.29) is 16.4 Å². The average Bonchev–Trinajstić information content (AvgIpc) is 2.69. The number of ether oxygens (including phenoxy) is 1. The zero-order valence-electron chi connectivity index (χ0n) is 16.1. The second-order valence-corrected chi connectivity index (χ2v) is 7.92. The van der Waals surface area contributed by atoms with Gasteiger partial charge in [0.1, 0.15) is 0 Å². The fourth-order valence-electron chi connectivity index (χ4n) is 2.27. The second-order valence-electron chi connectivity index (χ2n) is 6.03. The summed E-state index contributed by atoms with van der Waals surface area (Å²) in [6, 6.07) is 11.7. The molecule has 0 saturated heterocycles. The Labute approximate surface area is 168 Å². The number of nitrogens with one attached hydrogen (secondary N) is 3. The smallest absolute Gasteiger partial charge is 0.338 e. The molecule has 0 unspecified atom stereocenters. The summed E-state index contributed by atoms with van der Waals surface area (Å²) in [5.74, 6) is -1.61. The number of benzene rings is 2. The largest absolute Gasteiger partial charge is 0.449 e. The van der Waals surface area contributed by atoms with E-state index in [0.29, 0.717) is 11.4 Å². The van der Waals surface area contributed by atoms with Gasteiger partial charge in [-0.05, 0) is 56.4 Å². The van der Waals surface area contributed by atoms with Gasteiger partial charge in [0, 0.05) is 18.3 Å². The van der Waals surface area contributed by atoms with E-state index in [1.54, 1.807) is 24.3 Å². The molecule has 2 aromatic carbocycles. The lowest BCUT2D eigenvalue weighted by Crippen LogP contribution is -2.30. The van der Waals surface area contributed by atoms with Crippen LogP contribution < -0.4 is 15.4 Å². The number of hydrogen-bond donors (Lipinski definition) is 3. The third kappa shape index (κ3) is 6.13. The van der Waals surface area contributed by atoms with Gasteiger partial charge in [0.05, 0.1) is 10.5 Å². The lowest BCUT2D eigenvalue weighted by atomic mass is 10.2. The summed E-state index contributed by atoms with van der Waals surface area (Å²) < 4.78 is 31.0. The Bertz CT molecular complexity index is 1020. The molecule has 2 aromatic rings. The average molecular weight is 419 g/mol. The van der Waals surface area contributed by atoms with E-state index in [9.17, 15) is 22.8 Å². The molecule has 10 heteroatoms. The fourth-order valence-corrected chi connectivity index (χ4v) is 3.05. The number of carbonyl (C=O) groups is 3. The van der Waals surface area contributed by atoms with Crippen LogP contribution >= 0.6 is 0 Å². The summed E-state index contributed by atoms with van der Waals surface area (Å²) in [5.41, 5.74) is 1.03. The Hall–Kier alpha value is -3.24. The van der Waals surface area contributed by atoms with E-state index >= 15 is 0 Å². The molecule has 0 aliphatic rings. The first-order valence-corrected chi connectivity index (χ1v) is 10.0. The predicted octanol–water partition coefficient (Wildman–Crippen LogP) is 1.74. The van der Waals surface area contributed by atoms with Crippen molar-refractivity contribution < 1.29 is 27.5 Å². The van der Waals surface area contributed by atoms with Gasteiger partial charge in [0.2, 0.25) is 15.9 Å². The highest BCUT2D eigenvalue weighted by Gasteiger charge is 2.21. The molecule has 0 aliphatic heterocycles. The first-order valence-electron chi connectivity index (χ1n) is 8.55. The molecule has 0 spiro atoms. The molecule has 0 saturated carbocycles. The Morgan fingerprint density at radius 3 is 2.10 bits per heavy atom. The molecule has 0 bridgehead atoms. The molecule has 0 aromatic heterocycles. The van der Waals surface area contributed by atoms with E-state index in [0.717, 1.165) is 0 Å². The standard InChI is InChI=1S/C19H21N3O6S/c1-12(18(24)22-16-9-7-15(8-10-16)21-13(2)23)28-19(25)14-5-4-6-17(11-14)29(26,27)20-3/h4-12,20H,1-3H3,(H,21,23)(H,22,24)/t12-/m1/s1. The number of esters is 1. The van der Waals surface area contributed by atoms with Gasteiger partial charge < -0.3 is 15.4 Å². The first kappa shape index (κ1) is 22.1. The van der Waals surface area contributed by atoms with Crippen molar-refractivity contribution in [1.82, 2.24) is 4.72 Å². The molecule has 0 radical (unpaired) electrons. The van der Waals surface area contributed by atoms with Crippen LogP contribution in [0.3, 0.4) is 0 Å². The highest BCUT2D eigenvalue weighted by Crippen LogP contribution is 2.15. The summed E-state index contributed by atoms with van der Waals surface area (Å²) in [5, 5.41) is 5.19. The van der Waals surface area contributed by atoms with Crippen LogP contribution in [0.1, 0.15) is 24.2 Å². The van der Waals surface area contributed by atoms with Gasteiger partial charge in [-0.25, -0.2) is 17.9 Å². The maximum Gasteiger partial charge on any atom is 0.338 e. The van der Waals surface area contributed by atoms with Crippen molar-refractivity contribution >= 4 is 39.2 Å². The van der Waals surface area contributed by atoms with E-state index < -0.39 is 28.0 Å². The van der Waals surface area contributed by atoms with Crippen LogP contribution in [-0.4, -0.2) is 39.4 Å². The Morgan fingerprint density at radius 2 is 1.55 bits per heavy atom. The Balaban J connectivity index is 2.01. The van der Waals surface area contributed by atoms with Crippen LogP contribution in [0, 0.1) is 0 Å². The van der Waals surface area contributed by atoms with E-state index in [1.807, 2.05) is 0 Å². The van der Waals surface area contributed by atoms with Crippen LogP contribution in [0.2, 0.25) is 0 Å². The lowest BCUT2D eigenvalue weighted by Gasteiger charge is -2.14. The minimum absolute atomic E-state index is 0.000588. The summed E-state index contributed by atoms with van der Waals surface area (Å²) in [6.45, 7) is 2.78. The fraction of sp³-hybridized carbons (Fsp3) is 0.211. The number of carbonyl (C=O) groups excluding carboxylic acids is 3. The van der Waals surface area contributed by atoms with Crippen molar-refractivity contribution in [3.63, 3.8) is 0 Å².